The first-order chi connectivity index (χ1) is 9.70. The van der Waals surface area contributed by atoms with Crippen molar-refractivity contribution in [3.05, 3.63) is 11.4 Å². The van der Waals surface area contributed by atoms with Crippen LogP contribution in [0.3, 0.4) is 0 Å². The van der Waals surface area contributed by atoms with E-state index >= 15 is 0 Å². The SMILES string of the molecule is Cc1nn(CC(=O)O)c(C)c1S(=O)(=O)NC(C)CC1CC1. The first-order valence-electron chi connectivity index (χ1n) is 6.99. The highest BCUT2D eigenvalue weighted by atomic mass is 32.2. The maximum Gasteiger partial charge on any atom is 0.325 e. The number of aromatic nitrogens is 2. The Bertz CT molecular complexity index is 647. The van der Waals surface area contributed by atoms with E-state index in [0.29, 0.717) is 17.3 Å². The Hall–Kier alpha value is -1.41. The topological polar surface area (TPSA) is 101 Å². The number of carboxylic acids is 1. The van der Waals surface area contributed by atoms with Gasteiger partial charge in [0.05, 0.1) is 11.4 Å². The van der Waals surface area contributed by atoms with Crippen LogP contribution in [0.1, 0.15) is 37.6 Å². The number of nitrogens with zero attached hydrogens (tertiary/aromatic N) is 2. The van der Waals surface area contributed by atoms with Crippen LogP contribution in [0.25, 0.3) is 0 Å². The van der Waals surface area contributed by atoms with Crippen LogP contribution < -0.4 is 4.72 Å². The fourth-order valence-electron chi connectivity index (χ4n) is 2.58. The molecule has 1 heterocycles. The van der Waals surface area contributed by atoms with Gasteiger partial charge in [0.2, 0.25) is 10.0 Å². The Labute approximate surface area is 124 Å². The molecule has 1 aromatic heterocycles. The predicted molar refractivity (Wildman–Crippen MR) is 76.5 cm³/mol. The van der Waals surface area contributed by atoms with Gasteiger partial charge in [0.15, 0.2) is 0 Å². The van der Waals surface area contributed by atoms with Gasteiger partial charge < -0.3 is 5.11 Å². The Balaban J connectivity index is 2.22. The van der Waals surface area contributed by atoms with E-state index in [-0.39, 0.29) is 17.5 Å². The average Bonchev–Trinajstić information content (AvgIpc) is 3.04. The third-order valence-corrected chi connectivity index (χ3v) is 5.45. The number of carbonyl (C=O) groups is 1. The minimum Gasteiger partial charge on any atom is -0.480 e. The van der Waals surface area contributed by atoms with Crippen LogP contribution in [0, 0.1) is 19.8 Å². The molecular formula is C13H21N3O4S. The zero-order chi connectivity index (χ0) is 15.8. The second kappa shape index (κ2) is 5.76. The third-order valence-electron chi connectivity index (χ3n) is 3.61. The second-order valence-corrected chi connectivity index (χ2v) is 7.40. The third kappa shape index (κ3) is 3.82. The molecule has 1 saturated carbocycles. The zero-order valence-corrected chi connectivity index (χ0v) is 13.3. The average molecular weight is 315 g/mol. The maximum absolute atomic E-state index is 12.5. The lowest BCUT2D eigenvalue weighted by Gasteiger charge is -2.14. The smallest absolute Gasteiger partial charge is 0.325 e. The van der Waals surface area contributed by atoms with Gasteiger partial charge in [0.25, 0.3) is 0 Å². The largest absolute Gasteiger partial charge is 0.480 e. The van der Waals surface area contributed by atoms with Crippen molar-refractivity contribution in [2.75, 3.05) is 0 Å². The van der Waals surface area contributed by atoms with Gasteiger partial charge in [-0.1, -0.05) is 12.8 Å². The maximum atomic E-state index is 12.5. The molecule has 0 bridgehead atoms. The highest BCUT2D eigenvalue weighted by Crippen LogP contribution is 2.33. The van der Waals surface area contributed by atoms with E-state index in [1.807, 2.05) is 6.92 Å². The van der Waals surface area contributed by atoms with Gasteiger partial charge >= 0.3 is 5.97 Å². The van der Waals surface area contributed by atoms with E-state index in [1.54, 1.807) is 13.8 Å². The van der Waals surface area contributed by atoms with Crippen LogP contribution >= 0.6 is 0 Å². The van der Waals surface area contributed by atoms with Crippen molar-refractivity contribution in [2.24, 2.45) is 5.92 Å². The molecule has 1 aromatic rings. The Morgan fingerprint density at radius 2 is 2.10 bits per heavy atom. The highest BCUT2D eigenvalue weighted by Gasteiger charge is 2.29. The molecule has 0 saturated heterocycles. The van der Waals surface area contributed by atoms with Crippen molar-refractivity contribution in [2.45, 2.75) is 57.5 Å². The molecular weight excluding hydrogens is 294 g/mol. The number of nitrogens with one attached hydrogen (secondary N) is 1. The minimum absolute atomic E-state index is 0.0893. The lowest BCUT2D eigenvalue weighted by Crippen LogP contribution is -2.33. The fraction of sp³-hybridized carbons (Fsp3) is 0.692. The number of rotatable bonds is 7. The molecule has 1 atom stereocenters. The summed E-state index contributed by atoms with van der Waals surface area (Å²) in [4.78, 5) is 10.9. The van der Waals surface area contributed by atoms with Crippen molar-refractivity contribution in [1.82, 2.24) is 14.5 Å². The van der Waals surface area contributed by atoms with Crippen molar-refractivity contribution >= 4 is 16.0 Å². The quantitative estimate of drug-likeness (QED) is 0.783. The number of carboxylic acid groups (broad SMARTS) is 1. The summed E-state index contributed by atoms with van der Waals surface area (Å²) in [5, 5.41) is 12.8. The minimum atomic E-state index is -3.68. The summed E-state index contributed by atoms with van der Waals surface area (Å²) < 4.78 is 28.8. The Kier molecular flexibility index (Phi) is 4.38. The number of sulfonamides is 1. The molecule has 1 aliphatic carbocycles. The van der Waals surface area contributed by atoms with Gasteiger partial charge in [-0.05, 0) is 33.1 Å². The number of aryl methyl sites for hydroxylation is 1. The molecule has 1 fully saturated rings. The van der Waals surface area contributed by atoms with Crippen molar-refractivity contribution in [3.8, 4) is 0 Å². The van der Waals surface area contributed by atoms with Crippen LogP contribution in [0.15, 0.2) is 4.90 Å². The van der Waals surface area contributed by atoms with Gasteiger partial charge in [-0.2, -0.15) is 5.10 Å². The van der Waals surface area contributed by atoms with E-state index < -0.39 is 16.0 Å². The monoisotopic (exact) mass is 315 g/mol. The van der Waals surface area contributed by atoms with Crippen LogP contribution in [0.5, 0.6) is 0 Å². The Morgan fingerprint density at radius 3 is 2.62 bits per heavy atom. The summed E-state index contributed by atoms with van der Waals surface area (Å²) in [6.07, 6.45) is 3.17. The summed E-state index contributed by atoms with van der Waals surface area (Å²) >= 11 is 0. The van der Waals surface area contributed by atoms with Crippen LogP contribution in [-0.4, -0.2) is 35.3 Å². The molecule has 0 spiro atoms. The van der Waals surface area contributed by atoms with Crippen LogP contribution in [0.2, 0.25) is 0 Å². The van der Waals surface area contributed by atoms with Crippen molar-refractivity contribution in [1.29, 1.82) is 0 Å². The number of aliphatic carboxylic acids is 1. The lowest BCUT2D eigenvalue weighted by molar-refractivity contribution is -0.137. The zero-order valence-electron chi connectivity index (χ0n) is 12.5. The van der Waals surface area contributed by atoms with E-state index in [0.717, 1.165) is 6.42 Å². The van der Waals surface area contributed by atoms with Crippen LogP contribution in [0.4, 0.5) is 0 Å². The molecule has 0 aliphatic heterocycles. The standard InChI is InChI=1S/C13H21N3O4S/c1-8(6-11-4-5-11)15-21(19,20)13-9(2)14-16(10(13)3)7-12(17)18/h8,11,15H,4-7H2,1-3H3,(H,17,18). The van der Waals surface area contributed by atoms with E-state index in [4.69, 9.17) is 5.11 Å². The lowest BCUT2D eigenvalue weighted by atomic mass is 10.2. The van der Waals surface area contributed by atoms with Crippen LogP contribution in [-0.2, 0) is 21.4 Å². The van der Waals surface area contributed by atoms with Crippen molar-refractivity contribution in [3.63, 3.8) is 0 Å². The molecule has 8 heteroatoms. The molecule has 2 N–H and O–H groups in total. The predicted octanol–water partition coefficient (Wildman–Crippen LogP) is 1.05. The van der Waals surface area contributed by atoms with Gasteiger partial charge in [0.1, 0.15) is 11.4 Å². The van der Waals surface area contributed by atoms with E-state index in [9.17, 15) is 13.2 Å². The summed E-state index contributed by atoms with van der Waals surface area (Å²) in [6.45, 7) is 4.65. The summed E-state index contributed by atoms with van der Waals surface area (Å²) in [6, 6.07) is -0.135. The highest BCUT2D eigenvalue weighted by molar-refractivity contribution is 7.89. The molecule has 1 aliphatic rings. The first kappa shape index (κ1) is 16.0. The first-order valence-corrected chi connectivity index (χ1v) is 8.47. The molecule has 21 heavy (non-hydrogen) atoms. The number of hydrogen-bond donors (Lipinski definition) is 2. The molecule has 2 rings (SSSR count). The molecule has 7 nitrogen and oxygen atoms in total. The summed E-state index contributed by atoms with van der Waals surface area (Å²) in [7, 11) is -3.68. The number of hydrogen-bond acceptors (Lipinski definition) is 4. The fourth-order valence-corrected chi connectivity index (χ4v) is 4.24. The molecule has 0 amide bonds. The summed E-state index contributed by atoms with van der Waals surface area (Å²) in [5.41, 5.74) is 0.667. The molecule has 1 unspecified atom stereocenters. The van der Waals surface area contributed by atoms with Gasteiger partial charge in [-0.3, -0.25) is 9.48 Å². The second-order valence-electron chi connectivity index (χ2n) is 5.75. The van der Waals surface area contributed by atoms with Crippen molar-refractivity contribution < 1.29 is 18.3 Å². The Morgan fingerprint density at radius 1 is 1.48 bits per heavy atom. The van der Waals surface area contributed by atoms with Gasteiger partial charge in [-0.15, -0.1) is 0 Å². The molecule has 118 valence electrons. The van der Waals surface area contributed by atoms with Gasteiger partial charge in [-0.25, -0.2) is 13.1 Å². The van der Waals surface area contributed by atoms with E-state index in [2.05, 4.69) is 9.82 Å². The normalized spacial score (nSPS) is 16.9. The van der Waals surface area contributed by atoms with E-state index in [1.165, 1.54) is 17.5 Å². The molecule has 0 radical (unpaired) electrons. The van der Waals surface area contributed by atoms with Gasteiger partial charge in [0, 0.05) is 6.04 Å². The summed E-state index contributed by atoms with van der Waals surface area (Å²) in [5.74, 6) is -0.431. The molecule has 0 aromatic carbocycles.